The zero-order valence-electron chi connectivity index (χ0n) is 11.6. The molecule has 1 aliphatic heterocycles. The van der Waals surface area contributed by atoms with E-state index in [9.17, 15) is 0 Å². The van der Waals surface area contributed by atoms with Crippen LogP contribution in [0.3, 0.4) is 0 Å². The summed E-state index contributed by atoms with van der Waals surface area (Å²) in [5.74, 6) is 0.784. The smallest absolute Gasteiger partial charge is 0.225 e. The predicted octanol–water partition coefficient (Wildman–Crippen LogP) is 0.726. The quantitative estimate of drug-likeness (QED) is 0.852. The molecule has 5 heteroatoms. The SMILES string of the molecule is CN(C)c1nccc(CN(C)C2CCNCC2)n1. The second kappa shape index (κ2) is 6.11. The van der Waals surface area contributed by atoms with Crippen molar-refractivity contribution in [2.45, 2.75) is 25.4 Å². The van der Waals surface area contributed by atoms with Gasteiger partial charge in [-0.15, -0.1) is 0 Å². The highest BCUT2D eigenvalue weighted by Crippen LogP contribution is 2.13. The van der Waals surface area contributed by atoms with Gasteiger partial charge in [0.15, 0.2) is 0 Å². The zero-order valence-corrected chi connectivity index (χ0v) is 11.6. The highest BCUT2D eigenvalue weighted by Gasteiger charge is 2.18. The van der Waals surface area contributed by atoms with Crippen LogP contribution in [0.5, 0.6) is 0 Å². The van der Waals surface area contributed by atoms with E-state index in [1.807, 2.05) is 31.3 Å². The van der Waals surface area contributed by atoms with Crippen LogP contribution < -0.4 is 10.2 Å². The molecule has 1 aliphatic rings. The number of aromatic nitrogens is 2. The van der Waals surface area contributed by atoms with Crippen molar-refractivity contribution < 1.29 is 0 Å². The summed E-state index contributed by atoms with van der Waals surface area (Å²) in [4.78, 5) is 13.2. The number of nitrogens with one attached hydrogen (secondary N) is 1. The fourth-order valence-electron chi connectivity index (χ4n) is 2.32. The number of hydrogen-bond donors (Lipinski definition) is 1. The molecule has 2 heterocycles. The van der Waals surface area contributed by atoms with Crippen molar-refractivity contribution in [1.82, 2.24) is 20.2 Å². The van der Waals surface area contributed by atoms with Crippen LogP contribution in [-0.4, -0.2) is 55.1 Å². The second-order valence-corrected chi connectivity index (χ2v) is 5.14. The molecule has 2 rings (SSSR count). The molecule has 0 bridgehead atoms. The summed E-state index contributed by atoms with van der Waals surface area (Å²) < 4.78 is 0. The zero-order chi connectivity index (χ0) is 13.0. The molecule has 0 saturated carbocycles. The second-order valence-electron chi connectivity index (χ2n) is 5.14. The van der Waals surface area contributed by atoms with Crippen molar-refractivity contribution in [2.75, 3.05) is 39.1 Å². The van der Waals surface area contributed by atoms with Crippen molar-refractivity contribution in [2.24, 2.45) is 0 Å². The molecule has 1 aromatic rings. The molecule has 0 unspecified atom stereocenters. The molecule has 100 valence electrons. The number of rotatable bonds is 4. The molecule has 18 heavy (non-hydrogen) atoms. The summed E-state index contributed by atoms with van der Waals surface area (Å²) in [5, 5.41) is 3.40. The molecule has 1 saturated heterocycles. The van der Waals surface area contributed by atoms with Crippen molar-refractivity contribution in [3.8, 4) is 0 Å². The van der Waals surface area contributed by atoms with Crippen LogP contribution in [0.15, 0.2) is 12.3 Å². The van der Waals surface area contributed by atoms with E-state index in [1.165, 1.54) is 12.8 Å². The third-order valence-electron chi connectivity index (χ3n) is 3.44. The third kappa shape index (κ3) is 3.40. The standard InChI is InChI=1S/C13H23N5/c1-17(2)13-15-9-4-11(16-13)10-18(3)12-5-7-14-8-6-12/h4,9,12,14H,5-8,10H2,1-3H3. The van der Waals surface area contributed by atoms with Crippen molar-refractivity contribution >= 4 is 5.95 Å². The van der Waals surface area contributed by atoms with Crippen LogP contribution >= 0.6 is 0 Å². The van der Waals surface area contributed by atoms with Gasteiger partial charge in [0.2, 0.25) is 5.95 Å². The number of hydrogen-bond acceptors (Lipinski definition) is 5. The largest absolute Gasteiger partial charge is 0.347 e. The lowest BCUT2D eigenvalue weighted by molar-refractivity contribution is 0.190. The first kappa shape index (κ1) is 13.2. The Morgan fingerprint density at radius 3 is 2.67 bits per heavy atom. The summed E-state index contributed by atoms with van der Waals surface area (Å²) in [7, 11) is 6.12. The molecule has 0 aromatic carbocycles. The van der Waals surface area contributed by atoms with E-state index in [2.05, 4.69) is 27.2 Å². The van der Waals surface area contributed by atoms with Crippen molar-refractivity contribution in [3.05, 3.63) is 18.0 Å². The van der Waals surface area contributed by atoms with Gasteiger partial charge in [-0.1, -0.05) is 0 Å². The van der Waals surface area contributed by atoms with Gasteiger partial charge in [-0.05, 0) is 39.0 Å². The van der Waals surface area contributed by atoms with E-state index in [4.69, 9.17) is 0 Å². The highest BCUT2D eigenvalue weighted by atomic mass is 15.2. The lowest BCUT2D eigenvalue weighted by Gasteiger charge is -2.31. The van der Waals surface area contributed by atoms with E-state index in [-0.39, 0.29) is 0 Å². The summed E-state index contributed by atoms with van der Waals surface area (Å²) in [6.07, 6.45) is 4.29. The molecule has 0 spiro atoms. The molecule has 1 N–H and O–H groups in total. The van der Waals surface area contributed by atoms with Crippen LogP contribution in [0.2, 0.25) is 0 Å². The first-order valence-corrected chi connectivity index (χ1v) is 6.57. The van der Waals surface area contributed by atoms with E-state index in [0.717, 1.165) is 31.3 Å². The van der Waals surface area contributed by atoms with Gasteiger partial charge in [-0.2, -0.15) is 0 Å². The van der Waals surface area contributed by atoms with Crippen LogP contribution in [0.1, 0.15) is 18.5 Å². The average Bonchev–Trinajstić information content (AvgIpc) is 2.40. The summed E-state index contributed by atoms with van der Waals surface area (Å²) >= 11 is 0. The normalized spacial score (nSPS) is 17.1. The Morgan fingerprint density at radius 1 is 1.28 bits per heavy atom. The average molecular weight is 249 g/mol. The van der Waals surface area contributed by atoms with Gasteiger partial charge in [-0.25, -0.2) is 9.97 Å². The molecule has 0 radical (unpaired) electrons. The van der Waals surface area contributed by atoms with Gasteiger partial charge in [0, 0.05) is 32.9 Å². The maximum atomic E-state index is 4.56. The van der Waals surface area contributed by atoms with Gasteiger partial charge in [0.05, 0.1) is 5.69 Å². The number of anilines is 1. The molecular formula is C13H23N5. The van der Waals surface area contributed by atoms with Crippen molar-refractivity contribution in [3.63, 3.8) is 0 Å². The Balaban J connectivity index is 1.97. The van der Waals surface area contributed by atoms with Gasteiger partial charge < -0.3 is 10.2 Å². The molecule has 0 aliphatic carbocycles. The summed E-state index contributed by atoms with van der Waals surface area (Å²) in [6, 6.07) is 2.67. The van der Waals surface area contributed by atoms with Crippen LogP contribution in [0.4, 0.5) is 5.95 Å². The Labute approximate surface area is 109 Å². The summed E-state index contributed by atoms with van der Waals surface area (Å²) in [6.45, 7) is 3.15. The molecule has 5 nitrogen and oxygen atoms in total. The minimum Gasteiger partial charge on any atom is -0.347 e. The van der Waals surface area contributed by atoms with Crippen LogP contribution in [-0.2, 0) is 6.54 Å². The third-order valence-corrected chi connectivity index (χ3v) is 3.44. The molecule has 0 amide bonds. The highest BCUT2D eigenvalue weighted by molar-refractivity contribution is 5.27. The van der Waals surface area contributed by atoms with E-state index < -0.39 is 0 Å². The molecule has 1 aromatic heterocycles. The van der Waals surface area contributed by atoms with Crippen LogP contribution in [0, 0.1) is 0 Å². The topological polar surface area (TPSA) is 44.3 Å². The Hall–Kier alpha value is -1.20. The van der Waals surface area contributed by atoms with Gasteiger partial charge in [0.1, 0.15) is 0 Å². The fourth-order valence-corrected chi connectivity index (χ4v) is 2.32. The van der Waals surface area contributed by atoms with Crippen molar-refractivity contribution in [1.29, 1.82) is 0 Å². The van der Waals surface area contributed by atoms with Crippen LogP contribution in [0.25, 0.3) is 0 Å². The van der Waals surface area contributed by atoms with E-state index >= 15 is 0 Å². The number of piperidine rings is 1. The molecule has 1 fully saturated rings. The maximum Gasteiger partial charge on any atom is 0.225 e. The first-order valence-electron chi connectivity index (χ1n) is 6.57. The minimum atomic E-state index is 0.670. The van der Waals surface area contributed by atoms with E-state index in [0.29, 0.717) is 6.04 Å². The lowest BCUT2D eigenvalue weighted by Crippen LogP contribution is -2.40. The fraction of sp³-hybridized carbons (Fsp3) is 0.692. The Bertz CT molecular complexity index is 373. The summed E-state index contributed by atoms with van der Waals surface area (Å²) in [5.41, 5.74) is 1.09. The minimum absolute atomic E-state index is 0.670. The van der Waals surface area contributed by atoms with E-state index in [1.54, 1.807) is 0 Å². The molecular weight excluding hydrogens is 226 g/mol. The first-order chi connectivity index (χ1) is 8.66. The lowest BCUT2D eigenvalue weighted by atomic mass is 10.1. The van der Waals surface area contributed by atoms with Gasteiger partial charge >= 0.3 is 0 Å². The molecule has 0 atom stereocenters. The monoisotopic (exact) mass is 249 g/mol. The van der Waals surface area contributed by atoms with Gasteiger partial charge in [0.25, 0.3) is 0 Å². The Kier molecular flexibility index (Phi) is 4.49. The predicted molar refractivity (Wildman–Crippen MR) is 73.7 cm³/mol. The number of nitrogens with zero attached hydrogens (tertiary/aromatic N) is 4. The maximum absolute atomic E-state index is 4.56. The Morgan fingerprint density at radius 2 is 2.00 bits per heavy atom. The van der Waals surface area contributed by atoms with Gasteiger partial charge in [-0.3, -0.25) is 4.90 Å².